The number of aromatic nitrogens is 2. The van der Waals surface area contributed by atoms with Gasteiger partial charge in [0.15, 0.2) is 5.52 Å². The average molecular weight is 688 g/mol. The minimum atomic E-state index is -0.869. The molecular weight excluding hydrogens is 654 g/mol. The van der Waals surface area contributed by atoms with Crippen LogP contribution in [0.2, 0.25) is 0 Å². The van der Waals surface area contributed by atoms with E-state index >= 15 is 4.39 Å². The van der Waals surface area contributed by atoms with E-state index in [9.17, 15) is 0 Å². The van der Waals surface area contributed by atoms with Crippen molar-refractivity contribution in [2.45, 2.75) is 38.5 Å². The molecule has 0 bridgehead atoms. The molecule has 5 nitrogen and oxygen atoms in total. The Morgan fingerprint density at radius 2 is 0.849 bits per heavy atom. The van der Waals surface area contributed by atoms with Crippen molar-refractivity contribution in [1.82, 2.24) is 9.97 Å². The molecule has 0 spiro atoms. The molecule has 7 aromatic carbocycles. The van der Waals surface area contributed by atoms with Gasteiger partial charge >= 0.3 is 5.82 Å². The first kappa shape index (κ1) is 31.2. The lowest BCUT2D eigenvalue weighted by molar-refractivity contribution is 0.591. The largest absolute Gasteiger partial charge is 0.357 e. The van der Waals surface area contributed by atoms with Crippen LogP contribution in [0.25, 0.3) is 37.4 Å². The SMILES string of the molecule is [C-]#[N+]c1nc2c3cc(N4c5ccccc5C(C)(C)c5ccccc54)ccc3c3ccc(N4c5ccccc5C(C)(C)c5ccccc54)cc3c2nc1F. The summed E-state index contributed by atoms with van der Waals surface area (Å²) in [5.74, 6) is -1.21. The number of para-hydroxylation sites is 4. The molecule has 53 heavy (non-hydrogen) atoms. The summed E-state index contributed by atoms with van der Waals surface area (Å²) in [6, 6.07) is 46.9. The molecule has 0 radical (unpaired) electrons. The highest BCUT2D eigenvalue weighted by Gasteiger charge is 2.38. The Labute approximate surface area is 307 Å². The first-order valence-corrected chi connectivity index (χ1v) is 17.9. The Morgan fingerprint density at radius 1 is 0.491 bits per heavy atom. The molecule has 2 aliphatic heterocycles. The van der Waals surface area contributed by atoms with Gasteiger partial charge in [-0.2, -0.15) is 4.39 Å². The normalized spacial score (nSPS) is 15.1. The predicted octanol–water partition coefficient (Wildman–Crippen LogP) is 12.8. The van der Waals surface area contributed by atoms with Crippen LogP contribution in [0, 0.1) is 12.5 Å². The molecule has 0 fully saturated rings. The zero-order valence-corrected chi connectivity index (χ0v) is 29.8. The van der Waals surface area contributed by atoms with Gasteiger partial charge in [-0.05, 0) is 81.6 Å². The Bertz CT molecular complexity index is 2800. The summed E-state index contributed by atoms with van der Waals surface area (Å²) in [6.45, 7) is 16.8. The molecule has 0 atom stereocenters. The molecule has 3 heterocycles. The summed E-state index contributed by atoms with van der Waals surface area (Å²) in [4.78, 5) is 17.2. The van der Waals surface area contributed by atoms with Crippen LogP contribution in [0.4, 0.5) is 44.3 Å². The summed E-state index contributed by atoms with van der Waals surface area (Å²) < 4.78 is 15.6. The van der Waals surface area contributed by atoms with Crippen LogP contribution in [0.5, 0.6) is 0 Å². The second kappa shape index (κ2) is 11.0. The van der Waals surface area contributed by atoms with Gasteiger partial charge in [0.05, 0.1) is 22.7 Å². The molecule has 1 aromatic heterocycles. The van der Waals surface area contributed by atoms with Crippen LogP contribution in [-0.2, 0) is 10.8 Å². The van der Waals surface area contributed by atoms with E-state index < -0.39 is 5.95 Å². The van der Waals surface area contributed by atoms with E-state index in [4.69, 9.17) is 6.57 Å². The molecule has 254 valence electrons. The minimum Gasteiger partial charge on any atom is -0.357 e. The van der Waals surface area contributed by atoms with Crippen molar-refractivity contribution in [2.24, 2.45) is 0 Å². The lowest BCUT2D eigenvalue weighted by Gasteiger charge is -2.42. The standard InChI is InChI=1S/C47H34FN5/c1-46(2)34-14-6-10-18-38(34)52(39-19-11-7-15-35(39)46)28-22-24-30-31-25-23-29(27-33(31)43-42(32(30)26-28)50-44(48)45(49-5)51-43)53-40-20-12-8-16-36(40)47(3,4)37-17-9-13-21-41(37)53/h6-27H,1-4H3. The minimum absolute atomic E-state index is 0.195. The Morgan fingerprint density at radius 3 is 1.23 bits per heavy atom. The lowest BCUT2D eigenvalue weighted by Crippen LogP contribution is -2.30. The maximum Gasteiger partial charge on any atom is 0.325 e. The zero-order valence-electron chi connectivity index (χ0n) is 29.8. The molecule has 0 amide bonds. The fourth-order valence-electron chi connectivity index (χ4n) is 8.95. The van der Waals surface area contributed by atoms with Crippen LogP contribution in [-0.4, -0.2) is 9.97 Å². The van der Waals surface area contributed by atoms with E-state index in [-0.39, 0.29) is 16.6 Å². The van der Waals surface area contributed by atoms with E-state index in [1.54, 1.807) is 0 Å². The number of fused-ring (bicyclic) bond motifs is 10. The van der Waals surface area contributed by atoms with Crippen LogP contribution >= 0.6 is 0 Å². The Hall–Kier alpha value is -6.58. The third-order valence-electron chi connectivity index (χ3n) is 11.5. The molecule has 0 unspecified atom stereocenters. The molecule has 0 saturated heterocycles. The number of halogens is 1. The highest BCUT2D eigenvalue weighted by molar-refractivity contribution is 6.24. The van der Waals surface area contributed by atoms with Gasteiger partial charge in [0.2, 0.25) is 5.95 Å². The summed E-state index contributed by atoms with van der Waals surface area (Å²) in [7, 11) is 0. The van der Waals surface area contributed by atoms with Gasteiger partial charge in [-0.3, -0.25) is 0 Å². The second-order valence-corrected chi connectivity index (χ2v) is 15.1. The summed E-state index contributed by atoms with van der Waals surface area (Å²) in [5, 5.41) is 3.48. The fraction of sp³-hybridized carbons (Fsp3) is 0.128. The highest BCUT2D eigenvalue weighted by Crippen LogP contribution is 2.54. The van der Waals surface area contributed by atoms with Gasteiger partial charge in [-0.15, -0.1) is 4.98 Å². The molecule has 8 aromatic rings. The Balaban J connectivity index is 1.24. The molecule has 0 saturated carbocycles. The van der Waals surface area contributed by atoms with Crippen molar-refractivity contribution in [1.29, 1.82) is 0 Å². The third kappa shape index (κ3) is 4.28. The van der Waals surface area contributed by atoms with E-state index in [1.165, 1.54) is 22.3 Å². The van der Waals surface area contributed by atoms with Crippen molar-refractivity contribution in [3.05, 3.63) is 173 Å². The van der Waals surface area contributed by atoms with Crippen LogP contribution < -0.4 is 9.80 Å². The summed E-state index contributed by atoms with van der Waals surface area (Å²) in [5.41, 5.74) is 11.8. The average Bonchev–Trinajstić information content (AvgIpc) is 3.18. The Kier molecular flexibility index (Phi) is 6.45. The monoisotopic (exact) mass is 687 g/mol. The fourth-order valence-corrected chi connectivity index (χ4v) is 8.95. The number of hydrogen-bond acceptors (Lipinski definition) is 4. The van der Waals surface area contributed by atoms with Gasteiger partial charge in [0.25, 0.3) is 0 Å². The third-order valence-corrected chi connectivity index (χ3v) is 11.5. The smallest absolute Gasteiger partial charge is 0.325 e. The molecule has 10 rings (SSSR count). The first-order chi connectivity index (χ1) is 25.7. The van der Waals surface area contributed by atoms with Crippen molar-refractivity contribution in [3.8, 4) is 0 Å². The van der Waals surface area contributed by atoms with Crippen molar-refractivity contribution < 1.29 is 4.39 Å². The number of anilines is 6. The summed E-state index contributed by atoms with van der Waals surface area (Å²) >= 11 is 0. The quantitative estimate of drug-likeness (QED) is 0.134. The first-order valence-electron chi connectivity index (χ1n) is 17.9. The van der Waals surface area contributed by atoms with Gasteiger partial charge in [-0.25, -0.2) is 4.98 Å². The van der Waals surface area contributed by atoms with Gasteiger partial charge < -0.3 is 14.6 Å². The molecular formula is C47H34FN5. The number of rotatable bonds is 2. The van der Waals surface area contributed by atoms with Gasteiger partial charge in [-0.1, -0.05) is 119 Å². The topological polar surface area (TPSA) is 36.6 Å². The maximum absolute atomic E-state index is 15.6. The van der Waals surface area contributed by atoms with Crippen molar-refractivity contribution in [2.75, 3.05) is 9.80 Å². The van der Waals surface area contributed by atoms with E-state index in [2.05, 4.69) is 186 Å². The van der Waals surface area contributed by atoms with Crippen molar-refractivity contribution in [3.63, 3.8) is 0 Å². The van der Waals surface area contributed by atoms with E-state index in [0.717, 1.165) is 55.7 Å². The number of nitrogens with zero attached hydrogens (tertiary/aromatic N) is 5. The van der Waals surface area contributed by atoms with Gasteiger partial charge in [0.1, 0.15) is 5.52 Å². The lowest BCUT2D eigenvalue weighted by atomic mass is 9.73. The van der Waals surface area contributed by atoms with Gasteiger partial charge in [0, 0.05) is 33.0 Å². The van der Waals surface area contributed by atoms with E-state index in [0.29, 0.717) is 11.0 Å². The summed E-state index contributed by atoms with van der Waals surface area (Å²) in [6.07, 6.45) is 0. The van der Waals surface area contributed by atoms with Crippen LogP contribution in [0.1, 0.15) is 49.9 Å². The number of hydrogen-bond donors (Lipinski definition) is 0. The molecule has 6 heteroatoms. The van der Waals surface area contributed by atoms with Crippen LogP contribution in [0.15, 0.2) is 133 Å². The van der Waals surface area contributed by atoms with Crippen molar-refractivity contribution >= 4 is 72.5 Å². The molecule has 0 aliphatic carbocycles. The second-order valence-electron chi connectivity index (χ2n) is 15.1. The maximum atomic E-state index is 15.6. The molecule has 2 aliphatic rings. The van der Waals surface area contributed by atoms with Crippen LogP contribution in [0.3, 0.4) is 0 Å². The number of benzene rings is 7. The zero-order chi connectivity index (χ0) is 36.2. The highest BCUT2D eigenvalue weighted by atomic mass is 19.1. The van der Waals surface area contributed by atoms with E-state index in [1.807, 2.05) is 0 Å². The predicted molar refractivity (Wildman–Crippen MR) is 214 cm³/mol. The molecule has 0 N–H and O–H groups in total.